The molecule has 108 valence electrons. The molecule has 0 bridgehead atoms. The van der Waals surface area contributed by atoms with Gasteiger partial charge in [-0.25, -0.2) is 4.98 Å². The van der Waals surface area contributed by atoms with Crippen molar-refractivity contribution in [3.8, 4) is 0 Å². The second kappa shape index (κ2) is 4.48. The Morgan fingerprint density at radius 3 is 2.81 bits per heavy atom. The van der Waals surface area contributed by atoms with Crippen LogP contribution in [0.2, 0.25) is 0 Å². The normalized spacial score (nSPS) is 19.9. The van der Waals surface area contributed by atoms with Crippen molar-refractivity contribution in [3.63, 3.8) is 0 Å². The Morgan fingerprint density at radius 1 is 1.33 bits per heavy atom. The number of benzene rings is 1. The van der Waals surface area contributed by atoms with Crippen molar-refractivity contribution < 1.29 is 0 Å². The third-order valence-electron chi connectivity index (χ3n) is 4.36. The van der Waals surface area contributed by atoms with Crippen LogP contribution in [0.15, 0.2) is 24.4 Å². The van der Waals surface area contributed by atoms with Crippen LogP contribution in [0.1, 0.15) is 29.2 Å². The van der Waals surface area contributed by atoms with E-state index >= 15 is 0 Å². The third-order valence-corrected chi connectivity index (χ3v) is 4.36. The summed E-state index contributed by atoms with van der Waals surface area (Å²) in [4.78, 5) is 4.13. The highest BCUT2D eigenvalue weighted by atomic mass is 15.0. The molecule has 1 aliphatic heterocycles. The molecule has 0 saturated heterocycles. The van der Waals surface area contributed by atoms with E-state index in [1.165, 1.54) is 6.21 Å². The number of aryl methyl sites for hydroxylation is 1. The summed E-state index contributed by atoms with van der Waals surface area (Å²) >= 11 is 0. The molecule has 0 amide bonds. The number of aromatic nitrogens is 1. The van der Waals surface area contributed by atoms with E-state index in [1.54, 1.807) is 6.20 Å². The first-order valence-corrected chi connectivity index (χ1v) is 6.86. The van der Waals surface area contributed by atoms with E-state index in [2.05, 4.69) is 23.3 Å². The van der Waals surface area contributed by atoms with Crippen molar-refractivity contribution in [2.45, 2.75) is 19.3 Å². The molecular formula is C16H19N5. The number of nitrogens with one attached hydrogen (secondary N) is 2. The quantitative estimate of drug-likeness (QED) is 0.501. The fourth-order valence-electron chi connectivity index (χ4n) is 2.96. The van der Waals surface area contributed by atoms with Crippen LogP contribution in [-0.2, 0) is 5.41 Å². The minimum atomic E-state index is -0.206. The molecular weight excluding hydrogens is 262 g/mol. The Balaban J connectivity index is 2.20. The van der Waals surface area contributed by atoms with E-state index in [0.29, 0.717) is 11.5 Å². The van der Waals surface area contributed by atoms with Gasteiger partial charge in [0.2, 0.25) is 0 Å². The Hall–Kier alpha value is -2.56. The molecule has 2 aromatic rings. The zero-order valence-corrected chi connectivity index (χ0v) is 12.2. The van der Waals surface area contributed by atoms with Gasteiger partial charge in [0.05, 0.1) is 11.9 Å². The maximum absolute atomic E-state index is 7.54. The first kappa shape index (κ1) is 13.4. The number of pyridine rings is 1. The molecule has 5 nitrogen and oxygen atoms in total. The van der Waals surface area contributed by atoms with Gasteiger partial charge in [-0.3, -0.25) is 0 Å². The van der Waals surface area contributed by atoms with Crippen molar-refractivity contribution >= 4 is 23.4 Å². The van der Waals surface area contributed by atoms with Crippen molar-refractivity contribution in [1.29, 1.82) is 5.41 Å². The van der Waals surface area contributed by atoms with Gasteiger partial charge in [-0.15, -0.1) is 0 Å². The van der Waals surface area contributed by atoms with Crippen molar-refractivity contribution in [2.75, 3.05) is 23.3 Å². The largest absolute Gasteiger partial charge is 0.398 e. The maximum Gasteiger partial charge on any atom is 0.123 e. The Kier molecular flexibility index (Phi) is 2.86. The summed E-state index contributed by atoms with van der Waals surface area (Å²) in [6.07, 6.45) is 3.08. The second-order valence-corrected chi connectivity index (χ2v) is 5.78. The lowest BCUT2D eigenvalue weighted by atomic mass is 9.77. The van der Waals surface area contributed by atoms with E-state index in [1.807, 2.05) is 19.1 Å². The fraction of sp³-hybridized carbons (Fsp3) is 0.250. The third kappa shape index (κ3) is 1.93. The highest BCUT2D eigenvalue weighted by Crippen LogP contribution is 2.42. The van der Waals surface area contributed by atoms with Crippen LogP contribution in [0.4, 0.5) is 17.2 Å². The lowest BCUT2D eigenvalue weighted by molar-refractivity contribution is 0.635. The first-order chi connectivity index (χ1) is 9.95. The van der Waals surface area contributed by atoms with Gasteiger partial charge in [-0.2, -0.15) is 0 Å². The highest BCUT2D eigenvalue weighted by molar-refractivity contribution is 5.87. The molecule has 0 aliphatic carbocycles. The van der Waals surface area contributed by atoms with E-state index < -0.39 is 0 Å². The van der Waals surface area contributed by atoms with Crippen molar-refractivity contribution in [3.05, 3.63) is 46.6 Å². The van der Waals surface area contributed by atoms with Crippen LogP contribution in [0.25, 0.3) is 0 Å². The van der Waals surface area contributed by atoms with Crippen molar-refractivity contribution in [2.24, 2.45) is 0 Å². The summed E-state index contributed by atoms with van der Waals surface area (Å²) in [5, 5.41) is 10.9. The van der Waals surface area contributed by atoms with Gasteiger partial charge in [-0.05, 0) is 42.7 Å². The van der Waals surface area contributed by atoms with Gasteiger partial charge in [0.1, 0.15) is 5.82 Å². The van der Waals surface area contributed by atoms with Gasteiger partial charge < -0.3 is 22.2 Å². The molecule has 1 atom stereocenters. The SMILES string of the molecule is Cc1cc(C2(C)CNc3cnc(N)cc32)cc(C=N)c1N. The predicted molar refractivity (Wildman–Crippen MR) is 87.1 cm³/mol. The number of hydrogen-bond acceptors (Lipinski definition) is 5. The average Bonchev–Trinajstić information content (AvgIpc) is 2.80. The Morgan fingerprint density at radius 2 is 2.10 bits per heavy atom. The highest BCUT2D eigenvalue weighted by Gasteiger charge is 2.37. The minimum Gasteiger partial charge on any atom is -0.398 e. The van der Waals surface area contributed by atoms with Crippen LogP contribution in [0, 0.1) is 12.3 Å². The monoisotopic (exact) mass is 281 g/mol. The van der Waals surface area contributed by atoms with E-state index in [0.717, 1.165) is 34.5 Å². The molecule has 0 radical (unpaired) electrons. The summed E-state index contributed by atoms with van der Waals surface area (Å²) in [5.41, 5.74) is 17.3. The second-order valence-electron chi connectivity index (χ2n) is 5.78. The number of nitrogens with zero attached hydrogens (tertiary/aromatic N) is 1. The predicted octanol–water partition coefficient (Wildman–Crippen LogP) is 2.28. The number of rotatable bonds is 2. The Bertz CT molecular complexity index is 738. The average molecular weight is 281 g/mol. The minimum absolute atomic E-state index is 0.206. The summed E-state index contributed by atoms with van der Waals surface area (Å²) < 4.78 is 0. The number of hydrogen-bond donors (Lipinski definition) is 4. The lowest BCUT2D eigenvalue weighted by Crippen LogP contribution is -2.26. The molecule has 1 aromatic carbocycles. The number of fused-ring (bicyclic) bond motifs is 1. The van der Waals surface area contributed by atoms with E-state index in [4.69, 9.17) is 16.9 Å². The molecule has 1 aliphatic rings. The van der Waals surface area contributed by atoms with Gasteiger partial charge in [0.15, 0.2) is 0 Å². The van der Waals surface area contributed by atoms with Crippen LogP contribution < -0.4 is 16.8 Å². The zero-order chi connectivity index (χ0) is 15.2. The number of nitrogens with two attached hydrogens (primary N) is 2. The summed E-state index contributed by atoms with van der Waals surface area (Å²) in [5.74, 6) is 0.517. The van der Waals surface area contributed by atoms with Crippen LogP contribution in [-0.4, -0.2) is 17.7 Å². The number of anilines is 3. The smallest absolute Gasteiger partial charge is 0.123 e. The van der Waals surface area contributed by atoms with E-state index in [9.17, 15) is 0 Å². The molecule has 6 N–H and O–H groups in total. The van der Waals surface area contributed by atoms with E-state index in [-0.39, 0.29) is 5.41 Å². The summed E-state index contributed by atoms with van der Waals surface area (Å²) in [6.45, 7) is 4.91. The van der Waals surface area contributed by atoms with Gasteiger partial charge in [0, 0.05) is 29.4 Å². The van der Waals surface area contributed by atoms with Gasteiger partial charge in [0.25, 0.3) is 0 Å². The first-order valence-electron chi connectivity index (χ1n) is 6.86. The van der Waals surface area contributed by atoms with Crippen molar-refractivity contribution in [1.82, 2.24) is 4.98 Å². The van der Waals surface area contributed by atoms with Crippen LogP contribution in [0.5, 0.6) is 0 Å². The topological polar surface area (TPSA) is 101 Å². The molecule has 1 unspecified atom stereocenters. The standard InChI is InChI=1S/C16H19N5/c1-9-3-11(4-10(6-17)15(9)19)16(2)8-21-13-7-20-14(18)5-12(13)16/h3-7,17,21H,8,19H2,1-2H3,(H2,18,20). The lowest BCUT2D eigenvalue weighted by Gasteiger charge is -2.26. The van der Waals surface area contributed by atoms with Crippen LogP contribution in [0.3, 0.4) is 0 Å². The summed E-state index contributed by atoms with van der Waals surface area (Å²) in [6, 6.07) is 6.00. The Labute approximate surface area is 123 Å². The van der Waals surface area contributed by atoms with Gasteiger partial charge >= 0.3 is 0 Å². The molecule has 0 spiro atoms. The van der Waals surface area contributed by atoms with Crippen LogP contribution >= 0.6 is 0 Å². The molecule has 1 aromatic heterocycles. The number of nitrogen functional groups attached to an aromatic ring is 2. The fourth-order valence-corrected chi connectivity index (χ4v) is 2.96. The van der Waals surface area contributed by atoms with Gasteiger partial charge in [-0.1, -0.05) is 6.07 Å². The molecule has 0 saturated carbocycles. The molecule has 21 heavy (non-hydrogen) atoms. The summed E-state index contributed by atoms with van der Waals surface area (Å²) in [7, 11) is 0. The maximum atomic E-state index is 7.54. The molecule has 0 fully saturated rings. The zero-order valence-electron chi connectivity index (χ0n) is 12.2. The molecule has 2 heterocycles. The molecule has 5 heteroatoms. The molecule has 3 rings (SSSR count).